The van der Waals surface area contributed by atoms with Crippen LogP contribution in [0.2, 0.25) is 0 Å². The molecule has 0 radical (unpaired) electrons. The Kier molecular flexibility index (Phi) is 1.20. The molecule has 2 N–H and O–H groups in total. The summed E-state index contributed by atoms with van der Waals surface area (Å²) < 4.78 is 1.88. The highest BCUT2D eigenvalue weighted by Crippen LogP contribution is 2.18. The molecule has 0 saturated heterocycles. The Morgan fingerprint density at radius 3 is 3.40 bits per heavy atom. The lowest BCUT2D eigenvalue weighted by Crippen LogP contribution is -2.22. The quantitative estimate of drug-likeness (QED) is 0.552. The summed E-state index contributed by atoms with van der Waals surface area (Å²) >= 11 is 0. The molecule has 4 nitrogen and oxygen atoms in total. The van der Waals surface area contributed by atoms with Crippen LogP contribution < -0.4 is 5.73 Å². The van der Waals surface area contributed by atoms with Crippen LogP contribution in [-0.2, 0) is 6.54 Å². The first-order chi connectivity index (χ1) is 4.88. The van der Waals surface area contributed by atoms with Gasteiger partial charge in [-0.1, -0.05) is 0 Å². The number of hydrogen-bond donors (Lipinski definition) is 1. The van der Waals surface area contributed by atoms with E-state index in [2.05, 4.69) is 10.1 Å². The first-order valence-electron chi connectivity index (χ1n) is 3.51. The summed E-state index contributed by atoms with van der Waals surface area (Å²) in [6.45, 7) is 0.975. The van der Waals surface area contributed by atoms with Gasteiger partial charge >= 0.3 is 0 Å². The van der Waals surface area contributed by atoms with E-state index in [0.717, 1.165) is 25.2 Å². The molecule has 0 amide bonds. The average molecular weight is 138 g/mol. The van der Waals surface area contributed by atoms with E-state index in [9.17, 15) is 0 Å². The zero-order chi connectivity index (χ0) is 6.97. The second kappa shape index (κ2) is 2.05. The largest absolute Gasteiger partial charge is 0.321 e. The van der Waals surface area contributed by atoms with Gasteiger partial charge in [-0.3, -0.25) is 0 Å². The number of nitrogens with zero attached hydrogens (tertiary/aromatic N) is 3. The van der Waals surface area contributed by atoms with Gasteiger partial charge in [-0.25, -0.2) is 9.67 Å². The lowest BCUT2D eigenvalue weighted by Gasteiger charge is -2.17. The molecular weight excluding hydrogens is 128 g/mol. The molecule has 1 aromatic rings. The molecule has 1 aromatic heterocycles. The van der Waals surface area contributed by atoms with E-state index in [1.807, 2.05) is 4.68 Å². The van der Waals surface area contributed by atoms with Gasteiger partial charge in [-0.2, -0.15) is 5.10 Å². The minimum atomic E-state index is 0.108. The van der Waals surface area contributed by atoms with Crippen LogP contribution in [0.25, 0.3) is 0 Å². The Bertz CT molecular complexity index is 229. The SMILES string of the molecule is N[C@H]1CCCn2ncnc21. The monoisotopic (exact) mass is 138 g/mol. The summed E-state index contributed by atoms with van der Waals surface area (Å²) in [7, 11) is 0. The molecule has 0 unspecified atom stereocenters. The van der Waals surface area contributed by atoms with Gasteiger partial charge in [0.25, 0.3) is 0 Å². The van der Waals surface area contributed by atoms with Crippen molar-refractivity contribution in [1.82, 2.24) is 14.8 Å². The van der Waals surface area contributed by atoms with Crippen LogP contribution in [0.1, 0.15) is 24.7 Å². The zero-order valence-electron chi connectivity index (χ0n) is 5.70. The molecule has 4 heteroatoms. The van der Waals surface area contributed by atoms with Gasteiger partial charge in [0.1, 0.15) is 12.2 Å². The predicted molar refractivity (Wildman–Crippen MR) is 36.2 cm³/mol. The Morgan fingerprint density at radius 2 is 2.60 bits per heavy atom. The van der Waals surface area contributed by atoms with E-state index in [4.69, 9.17) is 5.73 Å². The van der Waals surface area contributed by atoms with Gasteiger partial charge in [0.2, 0.25) is 0 Å². The van der Waals surface area contributed by atoms with E-state index in [1.165, 1.54) is 0 Å². The van der Waals surface area contributed by atoms with Crippen molar-refractivity contribution in [3.8, 4) is 0 Å². The molecule has 1 atom stereocenters. The molecule has 10 heavy (non-hydrogen) atoms. The molecule has 54 valence electrons. The van der Waals surface area contributed by atoms with Crippen molar-refractivity contribution in [1.29, 1.82) is 0 Å². The fourth-order valence-electron chi connectivity index (χ4n) is 1.32. The maximum Gasteiger partial charge on any atom is 0.143 e. The molecule has 2 heterocycles. The first-order valence-corrected chi connectivity index (χ1v) is 3.51. The molecule has 1 aliphatic heterocycles. The number of aryl methyl sites for hydroxylation is 1. The molecule has 0 saturated carbocycles. The van der Waals surface area contributed by atoms with E-state index in [-0.39, 0.29) is 6.04 Å². The number of nitrogens with two attached hydrogens (primary N) is 1. The van der Waals surface area contributed by atoms with Crippen LogP contribution in [0, 0.1) is 0 Å². The molecule has 1 aliphatic rings. The fourth-order valence-corrected chi connectivity index (χ4v) is 1.32. The normalized spacial score (nSPS) is 24.3. The van der Waals surface area contributed by atoms with Crippen molar-refractivity contribution in [2.24, 2.45) is 5.73 Å². The van der Waals surface area contributed by atoms with Crippen LogP contribution in [0.3, 0.4) is 0 Å². The van der Waals surface area contributed by atoms with Gasteiger partial charge in [-0.15, -0.1) is 0 Å². The van der Waals surface area contributed by atoms with E-state index in [1.54, 1.807) is 6.33 Å². The highest BCUT2D eigenvalue weighted by molar-refractivity contribution is 4.95. The number of fused-ring (bicyclic) bond motifs is 1. The van der Waals surface area contributed by atoms with Crippen molar-refractivity contribution in [3.05, 3.63) is 12.2 Å². The molecule has 0 fully saturated rings. The number of hydrogen-bond acceptors (Lipinski definition) is 3. The highest BCUT2D eigenvalue weighted by Gasteiger charge is 2.17. The summed E-state index contributed by atoms with van der Waals surface area (Å²) in [5, 5.41) is 4.03. The molecule has 0 bridgehead atoms. The summed E-state index contributed by atoms with van der Waals surface area (Å²) in [5.74, 6) is 0.936. The van der Waals surface area contributed by atoms with Crippen LogP contribution in [0.4, 0.5) is 0 Å². The van der Waals surface area contributed by atoms with Crippen LogP contribution >= 0.6 is 0 Å². The van der Waals surface area contributed by atoms with Crippen molar-refractivity contribution >= 4 is 0 Å². The van der Waals surface area contributed by atoms with E-state index >= 15 is 0 Å². The lowest BCUT2D eigenvalue weighted by atomic mass is 10.1. The molecular formula is C6H10N4. The summed E-state index contributed by atoms with van der Waals surface area (Å²) in [5.41, 5.74) is 5.77. The van der Waals surface area contributed by atoms with Gasteiger partial charge in [-0.05, 0) is 12.8 Å². The molecule has 0 aliphatic carbocycles. The van der Waals surface area contributed by atoms with Gasteiger partial charge in [0.05, 0.1) is 6.04 Å². The third-order valence-electron chi connectivity index (χ3n) is 1.86. The number of aromatic nitrogens is 3. The second-order valence-electron chi connectivity index (χ2n) is 2.59. The van der Waals surface area contributed by atoms with Crippen molar-refractivity contribution in [2.75, 3.05) is 0 Å². The van der Waals surface area contributed by atoms with E-state index in [0.29, 0.717) is 0 Å². The molecule has 0 spiro atoms. The van der Waals surface area contributed by atoms with Crippen LogP contribution in [-0.4, -0.2) is 14.8 Å². The fraction of sp³-hybridized carbons (Fsp3) is 0.667. The lowest BCUT2D eigenvalue weighted by molar-refractivity contribution is 0.422. The predicted octanol–water partition coefficient (Wildman–Crippen LogP) is 0.0717. The standard InChI is InChI=1S/C6H10N4/c7-5-2-1-3-10-6(5)8-4-9-10/h4-5H,1-3,7H2/t5-/m0/s1. The minimum absolute atomic E-state index is 0.108. The summed E-state index contributed by atoms with van der Waals surface area (Å²) in [6.07, 6.45) is 3.73. The third-order valence-corrected chi connectivity index (χ3v) is 1.86. The van der Waals surface area contributed by atoms with Gasteiger partial charge in [0, 0.05) is 6.54 Å². The zero-order valence-corrected chi connectivity index (χ0v) is 5.70. The minimum Gasteiger partial charge on any atom is -0.321 e. The topological polar surface area (TPSA) is 56.7 Å². The van der Waals surface area contributed by atoms with Crippen molar-refractivity contribution in [3.63, 3.8) is 0 Å². The van der Waals surface area contributed by atoms with Gasteiger partial charge in [0.15, 0.2) is 0 Å². The van der Waals surface area contributed by atoms with Crippen LogP contribution in [0.15, 0.2) is 6.33 Å². The maximum atomic E-state index is 5.77. The molecule has 2 rings (SSSR count). The smallest absolute Gasteiger partial charge is 0.143 e. The average Bonchev–Trinajstić information content (AvgIpc) is 2.36. The summed E-state index contributed by atoms with van der Waals surface area (Å²) in [4.78, 5) is 4.06. The van der Waals surface area contributed by atoms with E-state index < -0.39 is 0 Å². The van der Waals surface area contributed by atoms with Crippen molar-refractivity contribution < 1.29 is 0 Å². The second-order valence-corrected chi connectivity index (χ2v) is 2.59. The Balaban J connectivity index is 2.41. The first kappa shape index (κ1) is 5.85. The third kappa shape index (κ3) is 0.724. The van der Waals surface area contributed by atoms with Crippen molar-refractivity contribution in [2.45, 2.75) is 25.4 Å². The molecule has 0 aromatic carbocycles. The Labute approximate surface area is 59.1 Å². The summed E-state index contributed by atoms with van der Waals surface area (Å²) in [6, 6.07) is 0.108. The number of rotatable bonds is 0. The highest BCUT2D eigenvalue weighted by atomic mass is 15.3. The van der Waals surface area contributed by atoms with Gasteiger partial charge < -0.3 is 5.73 Å². The Hall–Kier alpha value is -0.900. The maximum absolute atomic E-state index is 5.77. The Morgan fingerprint density at radius 1 is 1.70 bits per heavy atom. The van der Waals surface area contributed by atoms with Crippen LogP contribution in [0.5, 0.6) is 0 Å².